The maximum absolute atomic E-state index is 13.1. The molecule has 0 saturated carbocycles. The molecular weight excluding hydrogens is 501 g/mol. The molecule has 0 aliphatic carbocycles. The monoisotopic (exact) mass is 522 g/mol. The lowest BCUT2D eigenvalue weighted by atomic mass is 10.1. The van der Waals surface area contributed by atoms with Gasteiger partial charge in [0.25, 0.3) is 11.8 Å². The number of aliphatic hydroxyl groups is 1. The summed E-state index contributed by atoms with van der Waals surface area (Å²) in [6.45, 7) is -0.289. The number of anilines is 2. The highest BCUT2D eigenvalue weighted by Gasteiger charge is 2.41. The lowest BCUT2D eigenvalue weighted by Gasteiger charge is -2.34. The Morgan fingerprint density at radius 1 is 1.32 bits per heavy atom. The summed E-state index contributed by atoms with van der Waals surface area (Å²) in [5, 5.41) is 22.1. The minimum atomic E-state index is -5.02. The molecule has 0 bridgehead atoms. The van der Waals surface area contributed by atoms with Gasteiger partial charge in [-0.3, -0.25) is 9.59 Å². The minimum Gasteiger partial charge on any atom is -0.465 e. The largest absolute Gasteiger partial charge is 0.573 e. The van der Waals surface area contributed by atoms with Crippen molar-refractivity contribution in [3.8, 4) is 11.8 Å². The smallest absolute Gasteiger partial charge is 0.465 e. The Kier molecular flexibility index (Phi) is 8.33. The summed E-state index contributed by atoms with van der Waals surface area (Å²) in [6.07, 6.45) is -8.72. The number of rotatable bonds is 7. The number of ether oxygens (including phenoxy) is 3. The Bertz CT molecular complexity index is 1250. The molecule has 1 heterocycles. The SMILES string of the molecule is COC(=O)c1cc(OC(F)(F)F)ccc1N1CCO[C@H]([C@@H](O)C(=O)Nc2ccc(C#N)c(CN)c2)C1=O. The van der Waals surface area contributed by atoms with E-state index >= 15 is 0 Å². The highest BCUT2D eigenvalue weighted by molar-refractivity contribution is 6.07. The number of carbonyl (C=O) groups excluding carboxylic acids is 3. The van der Waals surface area contributed by atoms with Gasteiger partial charge in [-0.15, -0.1) is 13.2 Å². The van der Waals surface area contributed by atoms with Gasteiger partial charge in [0, 0.05) is 18.8 Å². The van der Waals surface area contributed by atoms with E-state index in [0.29, 0.717) is 11.1 Å². The maximum Gasteiger partial charge on any atom is 0.573 e. The molecule has 0 aromatic heterocycles. The van der Waals surface area contributed by atoms with Gasteiger partial charge in [0.15, 0.2) is 12.2 Å². The van der Waals surface area contributed by atoms with Crippen LogP contribution in [0.1, 0.15) is 21.5 Å². The molecule has 0 unspecified atom stereocenters. The van der Waals surface area contributed by atoms with Gasteiger partial charge in [-0.05, 0) is 42.0 Å². The standard InChI is InChI=1S/C23H21F3N4O7/c1-35-22(34)16-9-15(37-23(24,25)26)4-5-17(16)30-6-7-36-19(21(30)33)18(31)20(32)29-14-3-2-12(10-27)13(8-14)11-28/h2-5,8-9,18-19,31H,6-7,11,28H2,1H3,(H,29,32)/t18-,19-/m1/s1. The van der Waals surface area contributed by atoms with Crippen LogP contribution in [0.15, 0.2) is 36.4 Å². The summed E-state index contributed by atoms with van der Waals surface area (Å²) >= 11 is 0. The van der Waals surface area contributed by atoms with E-state index in [1.54, 1.807) is 0 Å². The molecule has 1 saturated heterocycles. The summed E-state index contributed by atoms with van der Waals surface area (Å²) in [5.74, 6) is -3.69. The van der Waals surface area contributed by atoms with Crippen LogP contribution in [0.5, 0.6) is 5.75 Å². The van der Waals surface area contributed by atoms with Crippen LogP contribution < -0.4 is 20.7 Å². The average molecular weight is 522 g/mol. The molecule has 1 aliphatic heterocycles. The molecule has 2 aromatic carbocycles. The van der Waals surface area contributed by atoms with E-state index < -0.39 is 47.7 Å². The number of halogens is 3. The number of nitrogens with two attached hydrogens (primary N) is 1. The summed E-state index contributed by atoms with van der Waals surface area (Å²) in [7, 11) is 1.00. The molecule has 3 rings (SSSR count). The zero-order valence-electron chi connectivity index (χ0n) is 19.2. The molecule has 196 valence electrons. The summed E-state index contributed by atoms with van der Waals surface area (Å²) in [5.41, 5.74) is 6.00. The van der Waals surface area contributed by atoms with Gasteiger partial charge < -0.3 is 35.3 Å². The average Bonchev–Trinajstić information content (AvgIpc) is 2.87. The predicted molar refractivity (Wildman–Crippen MR) is 120 cm³/mol. The van der Waals surface area contributed by atoms with Crippen molar-refractivity contribution >= 4 is 29.2 Å². The first-order chi connectivity index (χ1) is 17.5. The number of esters is 1. The van der Waals surface area contributed by atoms with Crippen molar-refractivity contribution in [3.63, 3.8) is 0 Å². The number of nitrogens with one attached hydrogen (secondary N) is 1. The van der Waals surface area contributed by atoms with Crippen molar-refractivity contribution in [1.82, 2.24) is 0 Å². The summed E-state index contributed by atoms with van der Waals surface area (Å²) < 4.78 is 51.6. The van der Waals surface area contributed by atoms with Crippen LogP contribution in [-0.4, -0.2) is 61.7 Å². The quantitative estimate of drug-likeness (QED) is 0.456. The number of nitriles is 1. The highest BCUT2D eigenvalue weighted by Crippen LogP contribution is 2.31. The number of morpholine rings is 1. The normalized spacial score (nSPS) is 16.5. The van der Waals surface area contributed by atoms with Gasteiger partial charge in [-0.25, -0.2) is 4.79 Å². The first kappa shape index (κ1) is 27.4. The van der Waals surface area contributed by atoms with Crippen molar-refractivity contribution in [1.29, 1.82) is 5.26 Å². The van der Waals surface area contributed by atoms with Gasteiger partial charge in [0.1, 0.15) is 5.75 Å². The third-order valence-electron chi connectivity index (χ3n) is 5.29. The maximum atomic E-state index is 13.1. The topological polar surface area (TPSA) is 164 Å². The van der Waals surface area contributed by atoms with Crippen molar-refractivity contribution in [2.45, 2.75) is 25.1 Å². The third-order valence-corrected chi connectivity index (χ3v) is 5.29. The lowest BCUT2D eigenvalue weighted by Crippen LogP contribution is -2.55. The van der Waals surface area contributed by atoms with Crippen LogP contribution in [0, 0.1) is 11.3 Å². The second kappa shape index (κ2) is 11.2. The van der Waals surface area contributed by atoms with Crippen molar-refractivity contribution in [2.75, 3.05) is 30.5 Å². The fourth-order valence-electron chi connectivity index (χ4n) is 3.60. The number of hydrogen-bond donors (Lipinski definition) is 3. The number of amides is 2. The Hall–Kier alpha value is -4.19. The number of hydrogen-bond acceptors (Lipinski definition) is 9. The fraction of sp³-hybridized carbons (Fsp3) is 0.304. The van der Waals surface area contributed by atoms with Crippen molar-refractivity contribution < 1.29 is 46.9 Å². The molecule has 14 heteroatoms. The molecule has 11 nitrogen and oxygen atoms in total. The number of nitrogens with zero attached hydrogens (tertiary/aromatic N) is 2. The first-order valence-corrected chi connectivity index (χ1v) is 10.6. The van der Waals surface area contributed by atoms with Gasteiger partial charge >= 0.3 is 12.3 Å². The van der Waals surface area contributed by atoms with Gasteiger partial charge in [0.05, 0.1) is 36.6 Å². The van der Waals surface area contributed by atoms with Crippen LogP contribution in [0.4, 0.5) is 24.5 Å². The van der Waals surface area contributed by atoms with Crippen LogP contribution in [-0.2, 0) is 25.6 Å². The molecule has 0 spiro atoms. The second-order valence-electron chi connectivity index (χ2n) is 7.62. The molecule has 0 radical (unpaired) electrons. The lowest BCUT2D eigenvalue weighted by molar-refractivity contribution is -0.274. The number of aliphatic hydroxyl groups excluding tert-OH is 1. The molecule has 37 heavy (non-hydrogen) atoms. The molecule has 4 N–H and O–H groups in total. The van der Waals surface area contributed by atoms with Gasteiger partial charge in [0.2, 0.25) is 0 Å². The molecule has 1 fully saturated rings. The summed E-state index contributed by atoms with van der Waals surface area (Å²) in [6, 6.07) is 8.93. The highest BCUT2D eigenvalue weighted by atomic mass is 19.4. The molecule has 2 aromatic rings. The van der Waals surface area contributed by atoms with E-state index in [9.17, 15) is 32.7 Å². The zero-order valence-corrected chi connectivity index (χ0v) is 19.2. The molecule has 2 amide bonds. The predicted octanol–water partition coefficient (Wildman–Crippen LogP) is 1.43. The van der Waals surface area contributed by atoms with Crippen molar-refractivity contribution in [3.05, 3.63) is 53.1 Å². The number of alkyl halides is 3. The van der Waals surface area contributed by atoms with E-state index in [1.165, 1.54) is 18.2 Å². The van der Waals surface area contributed by atoms with Crippen LogP contribution in [0.25, 0.3) is 0 Å². The summed E-state index contributed by atoms with van der Waals surface area (Å²) in [4.78, 5) is 39.0. The fourth-order valence-corrected chi connectivity index (χ4v) is 3.60. The van der Waals surface area contributed by atoms with E-state index in [0.717, 1.165) is 30.2 Å². The molecular formula is C23H21F3N4O7. The third kappa shape index (κ3) is 6.33. The first-order valence-electron chi connectivity index (χ1n) is 10.6. The van der Waals surface area contributed by atoms with E-state index in [4.69, 9.17) is 15.7 Å². The van der Waals surface area contributed by atoms with Crippen LogP contribution in [0.3, 0.4) is 0 Å². The number of carbonyl (C=O) groups is 3. The van der Waals surface area contributed by atoms with Crippen LogP contribution >= 0.6 is 0 Å². The number of benzene rings is 2. The van der Waals surface area contributed by atoms with E-state index in [2.05, 4.69) is 14.8 Å². The number of methoxy groups -OCH3 is 1. The van der Waals surface area contributed by atoms with Gasteiger partial charge in [-0.2, -0.15) is 5.26 Å². The Morgan fingerprint density at radius 3 is 2.68 bits per heavy atom. The van der Waals surface area contributed by atoms with E-state index in [-0.39, 0.29) is 31.1 Å². The Labute approximate surface area is 208 Å². The Morgan fingerprint density at radius 2 is 2.05 bits per heavy atom. The Balaban J connectivity index is 1.83. The van der Waals surface area contributed by atoms with E-state index in [1.807, 2.05) is 6.07 Å². The zero-order chi connectivity index (χ0) is 27.3. The van der Waals surface area contributed by atoms with Gasteiger partial charge in [-0.1, -0.05) is 0 Å². The minimum absolute atomic E-state index is 0.0175. The molecule has 1 aliphatic rings. The van der Waals surface area contributed by atoms with Crippen molar-refractivity contribution in [2.24, 2.45) is 5.73 Å². The second-order valence-corrected chi connectivity index (χ2v) is 7.62. The molecule has 2 atom stereocenters. The van der Waals surface area contributed by atoms with Crippen LogP contribution in [0.2, 0.25) is 0 Å².